The molecule has 2 aromatic heterocycles. The lowest BCUT2D eigenvalue weighted by Gasteiger charge is -2.24. The summed E-state index contributed by atoms with van der Waals surface area (Å²) in [7, 11) is 0. The number of fused-ring (bicyclic) bond motifs is 1. The maximum absolute atomic E-state index is 11.2. The van der Waals surface area contributed by atoms with E-state index in [1.54, 1.807) is 6.07 Å². The number of hydrogen-bond donors (Lipinski definition) is 1. The third kappa shape index (κ3) is 3.23. The minimum atomic E-state index is -1.01. The van der Waals surface area contributed by atoms with Crippen LogP contribution in [-0.4, -0.2) is 25.4 Å². The molecule has 5 nitrogen and oxygen atoms in total. The van der Waals surface area contributed by atoms with Gasteiger partial charge in [-0.25, -0.2) is 14.8 Å². The maximum atomic E-state index is 11.2. The smallest absolute Gasteiger partial charge is 0.354 e. The van der Waals surface area contributed by atoms with E-state index in [2.05, 4.69) is 30.7 Å². The molecule has 1 aliphatic rings. The zero-order chi connectivity index (χ0) is 16.6. The fourth-order valence-corrected chi connectivity index (χ4v) is 3.56. The van der Waals surface area contributed by atoms with Crippen molar-refractivity contribution in [2.24, 2.45) is 5.92 Å². The molecule has 0 radical (unpaired) electrons. The summed E-state index contributed by atoms with van der Waals surface area (Å²) in [5, 5.41) is 9.14. The number of carboxylic acids is 1. The summed E-state index contributed by atoms with van der Waals surface area (Å²) < 4.78 is 1.99. The van der Waals surface area contributed by atoms with Gasteiger partial charge in [0.25, 0.3) is 0 Å². The number of imidazole rings is 1. The SMILES string of the molecule is CC(C)(C)c1nc2nc(C(=O)O)ccn2c1CC1CCCCC1. The lowest BCUT2D eigenvalue weighted by molar-refractivity contribution is 0.0690. The summed E-state index contributed by atoms with van der Waals surface area (Å²) in [6.45, 7) is 6.45. The van der Waals surface area contributed by atoms with Crippen molar-refractivity contribution < 1.29 is 9.90 Å². The first-order valence-electron chi connectivity index (χ1n) is 8.48. The molecular formula is C18H25N3O2. The monoisotopic (exact) mass is 315 g/mol. The van der Waals surface area contributed by atoms with Crippen LogP contribution in [-0.2, 0) is 11.8 Å². The molecule has 1 aliphatic carbocycles. The zero-order valence-electron chi connectivity index (χ0n) is 14.2. The van der Waals surface area contributed by atoms with Crippen molar-refractivity contribution in [1.29, 1.82) is 0 Å². The lowest BCUT2D eigenvalue weighted by Crippen LogP contribution is -2.18. The largest absolute Gasteiger partial charge is 0.477 e. The first-order valence-corrected chi connectivity index (χ1v) is 8.48. The molecule has 23 heavy (non-hydrogen) atoms. The number of aromatic carboxylic acids is 1. The van der Waals surface area contributed by atoms with E-state index in [1.165, 1.54) is 37.8 Å². The van der Waals surface area contributed by atoms with Gasteiger partial charge in [0.05, 0.1) is 5.69 Å². The fourth-order valence-electron chi connectivity index (χ4n) is 3.56. The van der Waals surface area contributed by atoms with Crippen LogP contribution in [0.5, 0.6) is 0 Å². The van der Waals surface area contributed by atoms with Crippen molar-refractivity contribution in [3.63, 3.8) is 0 Å². The highest BCUT2D eigenvalue weighted by atomic mass is 16.4. The average Bonchev–Trinajstić information content (AvgIpc) is 2.86. The topological polar surface area (TPSA) is 67.5 Å². The van der Waals surface area contributed by atoms with Crippen molar-refractivity contribution in [3.8, 4) is 0 Å². The van der Waals surface area contributed by atoms with E-state index in [0.29, 0.717) is 11.7 Å². The van der Waals surface area contributed by atoms with Gasteiger partial charge in [-0.05, 0) is 18.4 Å². The first-order chi connectivity index (χ1) is 10.9. The van der Waals surface area contributed by atoms with Crippen LogP contribution >= 0.6 is 0 Å². The van der Waals surface area contributed by atoms with Crippen LogP contribution in [0.15, 0.2) is 12.3 Å². The van der Waals surface area contributed by atoms with Crippen molar-refractivity contribution >= 4 is 11.7 Å². The van der Waals surface area contributed by atoms with Gasteiger partial charge in [0, 0.05) is 17.3 Å². The van der Waals surface area contributed by atoms with E-state index >= 15 is 0 Å². The minimum Gasteiger partial charge on any atom is -0.477 e. The molecule has 5 heteroatoms. The van der Waals surface area contributed by atoms with Crippen molar-refractivity contribution in [3.05, 3.63) is 29.3 Å². The Labute approximate surface area is 136 Å². The van der Waals surface area contributed by atoms with Gasteiger partial charge >= 0.3 is 5.97 Å². The number of nitrogens with zero attached hydrogens (tertiary/aromatic N) is 3. The van der Waals surface area contributed by atoms with E-state index in [4.69, 9.17) is 5.11 Å². The predicted octanol–water partition coefficient (Wildman–Crippen LogP) is 3.85. The summed E-state index contributed by atoms with van der Waals surface area (Å²) in [4.78, 5) is 20.0. The Hall–Kier alpha value is -1.91. The van der Waals surface area contributed by atoms with Crippen LogP contribution < -0.4 is 0 Å². The van der Waals surface area contributed by atoms with Gasteiger partial charge in [0.1, 0.15) is 0 Å². The number of hydrogen-bond acceptors (Lipinski definition) is 3. The molecule has 2 aromatic rings. The molecule has 0 bridgehead atoms. The molecule has 0 amide bonds. The first kappa shape index (κ1) is 16.0. The number of rotatable bonds is 3. The number of carbonyl (C=O) groups is 1. The molecule has 1 N–H and O–H groups in total. The van der Waals surface area contributed by atoms with E-state index < -0.39 is 5.97 Å². The minimum absolute atomic E-state index is 0.0483. The maximum Gasteiger partial charge on any atom is 0.354 e. The molecule has 1 fully saturated rings. The summed E-state index contributed by atoms with van der Waals surface area (Å²) in [5.74, 6) is 0.186. The van der Waals surface area contributed by atoms with Crippen LogP contribution in [0.3, 0.4) is 0 Å². The Balaban J connectivity index is 2.06. The van der Waals surface area contributed by atoms with Crippen molar-refractivity contribution in [1.82, 2.24) is 14.4 Å². The fraction of sp³-hybridized carbons (Fsp3) is 0.611. The van der Waals surface area contributed by atoms with Gasteiger partial charge in [0.2, 0.25) is 5.78 Å². The van der Waals surface area contributed by atoms with Gasteiger partial charge in [-0.3, -0.25) is 4.40 Å². The van der Waals surface area contributed by atoms with E-state index in [-0.39, 0.29) is 11.1 Å². The summed E-state index contributed by atoms with van der Waals surface area (Å²) in [6.07, 6.45) is 9.34. The van der Waals surface area contributed by atoms with Gasteiger partial charge in [-0.2, -0.15) is 0 Å². The third-order valence-corrected chi connectivity index (χ3v) is 4.73. The second kappa shape index (κ2) is 5.95. The van der Waals surface area contributed by atoms with Gasteiger partial charge in [-0.15, -0.1) is 0 Å². The number of carboxylic acid groups (broad SMARTS) is 1. The molecule has 0 saturated heterocycles. The van der Waals surface area contributed by atoms with Crippen molar-refractivity contribution in [2.45, 2.75) is 64.7 Å². The summed E-state index contributed by atoms with van der Waals surface area (Å²) in [6, 6.07) is 1.56. The molecule has 1 saturated carbocycles. The molecule has 0 spiro atoms. The van der Waals surface area contributed by atoms with Crippen LogP contribution in [0.2, 0.25) is 0 Å². The Morgan fingerprint density at radius 3 is 2.57 bits per heavy atom. The van der Waals surface area contributed by atoms with E-state index in [0.717, 1.165) is 12.1 Å². The van der Waals surface area contributed by atoms with Gasteiger partial charge in [0.15, 0.2) is 5.69 Å². The highest BCUT2D eigenvalue weighted by Crippen LogP contribution is 2.32. The molecule has 124 valence electrons. The lowest BCUT2D eigenvalue weighted by atomic mass is 9.83. The molecule has 2 heterocycles. The zero-order valence-corrected chi connectivity index (χ0v) is 14.2. The predicted molar refractivity (Wildman–Crippen MR) is 88.9 cm³/mol. The van der Waals surface area contributed by atoms with Crippen LogP contribution in [0, 0.1) is 5.92 Å². The Bertz CT molecular complexity index is 722. The van der Waals surface area contributed by atoms with Crippen LogP contribution in [0.25, 0.3) is 5.78 Å². The molecular weight excluding hydrogens is 290 g/mol. The van der Waals surface area contributed by atoms with E-state index in [9.17, 15) is 4.79 Å². The molecule has 0 unspecified atom stereocenters. The number of aromatic nitrogens is 3. The van der Waals surface area contributed by atoms with Crippen molar-refractivity contribution in [2.75, 3.05) is 0 Å². The molecule has 3 rings (SSSR count). The second-order valence-corrected chi connectivity index (χ2v) is 7.65. The highest BCUT2D eigenvalue weighted by molar-refractivity contribution is 5.85. The quantitative estimate of drug-likeness (QED) is 0.934. The summed E-state index contributed by atoms with van der Waals surface area (Å²) in [5.41, 5.74) is 2.20. The average molecular weight is 315 g/mol. The normalized spacial score (nSPS) is 16.8. The van der Waals surface area contributed by atoms with Gasteiger partial charge < -0.3 is 5.11 Å². The molecule has 0 aromatic carbocycles. The second-order valence-electron chi connectivity index (χ2n) is 7.65. The Kier molecular flexibility index (Phi) is 4.13. The Morgan fingerprint density at radius 1 is 1.26 bits per heavy atom. The van der Waals surface area contributed by atoms with Gasteiger partial charge in [-0.1, -0.05) is 52.9 Å². The highest BCUT2D eigenvalue weighted by Gasteiger charge is 2.27. The van der Waals surface area contributed by atoms with Crippen LogP contribution in [0.4, 0.5) is 0 Å². The molecule has 0 atom stereocenters. The standard InChI is InChI=1S/C18H25N3O2/c1-18(2,3)15-14(11-12-7-5-4-6-8-12)21-10-9-13(16(22)23)19-17(21)20-15/h9-10,12H,4-8,11H2,1-3H3,(H,22,23). The Morgan fingerprint density at radius 2 is 1.96 bits per heavy atom. The summed E-state index contributed by atoms with van der Waals surface area (Å²) >= 11 is 0. The van der Waals surface area contributed by atoms with E-state index in [1.807, 2.05) is 10.6 Å². The molecule has 0 aliphatic heterocycles. The van der Waals surface area contributed by atoms with Crippen LogP contribution in [0.1, 0.15) is 74.8 Å². The third-order valence-electron chi connectivity index (χ3n) is 4.73.